The van der Waals surface area contributed by atoms with Crippen molar-refractivity contribution in [1.29, 1.82) is 0 Å². The van der Waals surface area contributed by atoms with Crippen LogP contribution in [0.3, 0.4) is 0 Å². The van der Waals surface area contributed by atoms with Crippen LogP contribution in [0.25, 0.3) is 0 Å². The number of piperazine rings is 1. The molecular weight excluding hydrogens is 370 g/mol. The number of nitrogens with zero attached hydrogens (tertiary/aromatic N) is 3. The molecule has 27 heavy (non-hydrogen) atoms. The van der Waals surface area contributed by atoms with Gasteiger partial charge in [0.05, 0.1) is 23.4 Å². The Bertz CT molecular complexity index is 702. The summed E-state index contributed by atoms with van der Waals surface area (Å²) in [5, 5.41) is 0.335. The minimum Gasteiger partial charge on any atom is -0.465 e. The number of esters is 1. The van der Waals surface area contributed by atoms with Crippen molar-refractivity contribution < 1.29 is 19.1 Å². The molecule has 1 saturated heterocycles. The Labute approximate surface area is 164 Å². The summed E-state index contributed by atoms with van der Waals surface area (Å²) in [6, 6.07) is 4.60. The Kier molecular flexibility index (Phi) is 7.62. The van der Waals surface area contributed by atoms with E-state index in [1.807, 2.05) is 4.90 Å². The van der Waals surface area contributed by atoms with Gasteiger partial charge in [0, 0.05) is 46.1 Å². The lowest BCUT2D eigenvalue weighted by Gasteiger charge is -2.34. The molecule has 0 N–H and O–H groups in total. The van der Waals surface area contributed by atoms with E-state index in [0.29, 0.717) is 29.4 Å². The average Bonchev–Trinajstić information content (AvgIpc) is 2.68. The van der Waals surface area contributed by atoms with E-state index in [1.54, 1.807) is 6.07 Å². The van der Waals surface area contributed by atoms with Crippen LogP contribution in [0, 0.1) is 0 Å². The number of amides is 2. The summed E-state index contributed by atoms with van der Waals surface area (Å²) in [4.78, 5) is 42.0. The number of ether oxygens (including phenoxy) is 1. The first-order chi connectivity index (χ1) is 12.9. The molecule has 0 bridgehead atoms. The van der Waals surface area contributed by atoms with Gasteiger partial charge < -0.3 is 19.4 Å². The quantitative estimate of drug-likeness (QED) is 0.689. The van der Waals surface area contributed by atoms with Gasteiger partial charge in [-0.25, -0.2) is 4.79 Å². The lowest BCUT2D eigenvalue weighted by atomic mass is 10.1. The Hall–Kier alpha value is -2.12. The molecule has 0 aromatic heterocycles. The number of rotatable bonds is 6. The standard InChI is InChI=1S/C19H26ClN3O4/c1-4-21-9-11-22(12-10-21)18(25)7-8-23(14(2)24)17-13-15(19(26)27-3)5-6-16(17)20/h5-6,13H,4,7-12H2,1-3H3. The molecule has 0 radical (unpaired) electrons. The highest BCUT2D eigenvalue weighted by Gasteiger charge is 2.23. The van der Waals surface area contributed by atoms with Crippen LogP contribution >= 0.6 is 11.6 Å². The maximum Gasteiger partial charge on any atom is 0.337 e. The van der Waals surface area contributed by atoms with Crippen molar-refractivity contribution in [3.05, 3.63) is 28.8 Å². The van der Waals surface area contributed by atoms with Gasteiger partial charge in [0.25, 0.3) is 0 Å². The van der Waals surface area contributed by atoms with Crippen molar-refractivity contribution in [2.24, 2.45) is 0 Å². The normalized spacial score (nSPS) is 14.7. The van der Waals surface area contributed by atoms with Gasteiger partial charge in [-0.3, -0.25) is 9.59 Å². The highest BCUT2D eigenvalue weighted by molar-refractivity contribution is 6.34. The van der Waals surface area contributed by atoms with Crippen LogP contribution in [0.2, 0.25) is 5.02 Å². The Morgan fingerprint density at radius 3 is 2.41 bits per heavy atom. The number of hydrogen-bond acceptors (Lipinski definition) is 5. The largest absolute Gasteiger partial charge is 0.465 e. The molecule has 1 aliphatic rings. The number of anilines is 1. The van der Waals surface area contributed by atoms with Crippen molar-refractivity contribution in [1.82, 2.24) is 9.80 Å². The maximum absolute atomic E-state index is 12.5. The maximum atomic E-state index is 12.5. The first-order valence-electron chi connectivity index (χ1n) is 9.03. The molecule has 1 aromatic carbocycles. The monoisotopic (exact) mass is 395 g/mol. The number of carbonyl (C=O) groups excluding carboxylic acids is 3. The summed E-state index contributed by atoms with van der Waals surface area (Å²) in [7, 11) is 1.29. The molecule has 0 atom stereocenters. The summed E-state index contributed by atoms with van der Waals surface area (Å²) in [6.45, 7) is 7.83. The molecule has 1 fully saturated rings. The van der Waals surface area contributed by atoms with Crippen molar-refractivity contribution in [2.75, 3.05) is 51.3 Å². The fourth-order valence-corrected chi connectivity index (χ4v) is 3.31. The molecule has 0 saturated carbocycles. The van der Waals surface area contributed by atoms with Gasteiger partial charge in [0.1, 0.15) is 0 Å². The van der Waals surface area contributed by atoms with E-state index in [2.05, 4.69) is 11.8 Å². The van der Waals surface area contributed by atoms with Gasteiger partial charge in [-0.2, -0.15) is 0 Å². The van der Waals surface area contributed by atoms with Crippen molar-refractivity contribution in [2.45, 2.75) is 20.3 Å². The number of likely N-dealkylation sites (N-methyl/N-ethyl adjacent to an activating group) is 1. The molecule has 0 unspecified atom stereocenters. The van der Waals surface area contributed by atoms with E-state index in [1.165, 1.54) is 31.1 Å². The Morgan fingerprint density at radius 1 is 1.19 bits per heavy atom. The van der Waals surface area contributed by atoms with Crippen LogP contribution in [0.5, 0.6) is 0 Å². The summed E-state index contributed by atoms with van der Waals surface area (Å²) in [6.07, 6.45) is 0.199. The molecule has 148 valence electrons. The van der Waals surface area contributed by atoms with Gasteiger partial charge in [-0.05, 0) is 24.7 Å². The van der Waals surface area contributed by atoms with Crippen molar-refractivity contribution in [3.63, 3.8) is 0 Å². The molecule has 2 amide bonds. The lowest BCUT2D eigenvalue weighted by Crippen LogP contribution is -2.49. The molecule has 8 heteroatoms. The zero-order valence-electron chi connectivity index (χ0n) is 16.0. The molecule has 7 nitrogen and oxygen atoms in total. The molecule has 0 aliphatic carbocycles. The molecule has 0 spiro atoms. The summed E-state index contributed by atoms with van der Waals surface area (Å²) in [5.41, 5.74) is 0.695. The summed E-state index contributed by atoms with van der Waals surface area (Å²) < 4.78 is 4.72. The highest BCUT2D eigenvalue weighted by Crippen LogP contribution is 2.28. The summed E-state index contributed by atoms with van der Waals surface area (Å²) >= 11 is 6.23. The topological polar surface area (TPSA) is 70.2 Å². The third-order valence-electron chi connectivity index (χ3n) is 4.76. The molecule has 2 rings (SSSR count). The predicted octanol–water partition coefficient (Wildman–Crippen LogP) is 2.03. The van der Waals surface area contributed by atoms with E-state index in [0.717, 1.165) is 19.6 Å². The van der Waals surface area contributed by atoms with Crippen LogP contribution in [0.1, 0.15) is 30.6 Å². The van der Waals surface area contributed by atoms with Crippen molar-refractivity contribution >= 4 is 35.1 Å². The minimum atomic E-state index is -0.513. The number of carbonyl (C=O) groups is 3. The van der Waals surface area contributed by atoms with Gasteiger partial charge in [0.15, 0.2) is 0 Å². The van der Waals surface area contributed by atoms with Crippen LogP contribution in [-0.4, -0.2) is 74.0 Å². The fourth-order valence-electron chi connectivity index (χ4n) is 3.09. The van der Waals surface area contributed by atoms with Crippen molar-refractivity contribution in [3.8, 4) is 0 Å². The van der Waals surface area contributed by atoms with E-state index in [-0.39, 0.29) is 24.8 Å². The number of hydrogen-bond donors (Lipinski definition) is 0. The van der Waals surface area contributed by atoms with Gasteiger partial charge >= 0.3 is 5.97 Å². The second kappa shape index (κ2) is 9.71. The number of benzene rings is 1. The van der Waals surface area contributed by atoms with E-state index in [4.69, 9.17) is 16.3 Å². The highest BCUT2D eigenvalue weighted by atomic mass is 35.5. The first-order valence-corrected chi connectivity index (χ1v) is 9.41. The second-order valence-electron chi connectivity index (χ2n) is 6.39. The zero-order valence-corrected chi connectivity index (χ0v) is 16.8. The number of methoxy groups -OCH3 is 1. The third kappa shape index (κ3) is 5.43. The van der Waals surface area contributed by atoms with E-state index >= 15 is 0 Å². The molecule has 1 aliphatic heterocycles. The van der Waals surface area contributed by atoms with Crippen LogP contribution in [0.15, 0.2) is 18.2 Å². The molecular formula is C19H26ClN3O4. The zero-order chi connectivity index (χ0) is 20.0. The molecule has 1 heterocycles. The predicted molar refractivity (Wildman–Crippen MR) is 104 cm³/mol. The summed E-state index contributed by atoms with van der Waals surface area (Å²) in [5.74, 6) is -0.749. The molecule has 1 aromatic rings. The van der Waals surface area contributed by atoms with Crippen LogP contribution < -0.4 is 4.90 Å². The number of halogens is 1. The van der Waals surface area contributed by atoms with E-state index < -0.39 is 5.97 Å². The first kappa shape index (κ1) is 21.2. The smallest absolute Gasteiger partial charge is 0.337 e. The van der Waals surface area contributed by atoms with E-state index in [9.17, 15) is 14.4 Å². The SMILES string of the molecule is CCN1CCN(C(=O)CCN(C(C)=O)c2cc(C(=O)OC)ccc2Cl)CC1. The third-order valence-corrected chi connectivity index (χ3v) is 5.08. The van der Waals surface area contributed by atoms with Crippen LogP contribution in [0.4, 0.5) is 5.69 Å². The van der Waals surface area contributed by atoms with Gasteiger partial charge in [-0.15, -0.1) is 0 Å². The lowest BCUT2D eigenvalue weighted by molar-refractivity contribution is -0.132. The average molecular weight is 396 g/mol. The van der Waals surface area contributed by atoms with Gasteiger partial charge in [0.2, 0.25) is 11.8 Å². The van der Waals surface area contributed by atoms with Gasteiger partial charge in [-0.1, -0.05) is 18.5 Å². The second-order valence-corrected chi connectivity index (χ2v) is 6.80. The Balaban J connectivity index is 2.07. The fraction of sp³-hybridized carbons (Fsp3) is 0.526. The Morgan fingerprint density at radius 2 is 1.85 bits per heavy atom. The van der Waals surface area contributed by atoms with Crippen LogP contribution in [-0.2, 0) is 14.3 Å². The minimum absolute atomic E-state index is 0.0113.